The van der Waals surface area contributed by atoms with Gasteiger partial charge < -0.3 is 10.4 Å². The summed E-state index contributed by atoms with van der Waals surface area (Å²) in [4.78, 5) is 15.0. The molecule has 2 N–H and O–H groups in total. The van der Waals surface area contributed by atoms with Crippen LogP contribution in [-0.2, 0) is 0 Å². The van der Waals surface area contributed by atoms with Crippen LogP contribution in [-0.4, -0.2) is 16.1 Å². The van der Waals surface area contributed by atoms with E-state index in [0.29, 0.717) is 11.3 Å². The van der Waals surface area contributed by atoms with E-state index in [0.717, 1.165) is 0 Å². The monoisotopic (exact) mass is 239 g/mol. The lowest BCUT2D eigenvalue weighted by molar-refractivity contribution is 0.0697. The minimum atomic E-state index is -1.04. The number of hydrogen-bond donors (Lipinski definition) is 2. The number of rotatable bonds is 3. The Morgan fingerprint density at radius 3 is 2.61 bits per heavy atom. The summed E-state index contributed by atoms with van der Waals surface area (Å²) in [5, 5.41) is 20.6. The van der Waals surface area contributed by atoms with Gasteiger partial charge in [-0.2, -0.15) is 5.26 Å². The largest absolute Gasteiger partial charge is 0.478 e. The molecule has 2 aromatic rings. The standard InChI is InChI=1S/C13H9N3O2/c14-8-9-3-5-10(6-4-9)16-12-11(13(17)18)2-1-7-15-12/h1-7H,(H,15,16)(H,17,18). The third-order valence-corrected chi connectivity index (χ3v) is 2.31. The average Bonchev–Trinajstić information content (AvgIpc) is 2.40. The van der Waals surface area contributed by atoms with E-state index in [1.807, 2.05) is 6.07 Å². The number of anilines is 2. The molecule has 0 bridgehead atoms. The molecule has 0 atom stereocenters. The summed E-state index contributed by atoms with van der Waals surface area (Å²) in [6.07, 6.45) is 1.51. The highest BCUT2D eigenvalue weighted by atomic mass is 16.4. The maximum atomic E-state index is 11.0. The predicted octanol–water partition coefficient (Wildman–Crippen LogP) is 2.40. The van der Waals surface area contributed by atoms with Gasteiger partial charge in [0.25, 0.3) is 0 Å². The first-order valence-electron chi connectivity index (χ1n) is 5.16. The second-order valence-corrected chi connectivity index (χ2v) is 3.52. The fraction of sp³-hybridized carbons (Fsp3) is 0. The fourth-order valence-electron chi connectivity index (χ4n) is 1.44. The summed E-state index contributed by atoms with van der Waals surface area (Å²) >= 11 is 0. The van der Waals surface area contributed by atoms with Crippen LogP contribution >= 0.6 is 0 Å². The molecule has 5 heteroatoms. The lowest BCUT2D eigenvalue weighted by Gasteiger charge is -2.07. The molecule has 0 aliphatic rings. The fourth-order valence-corrected chi connectivity index (χ4v) is 1.44. The van der Waals surface area contributed by atoms with Crippen molar-refractivity contribution in [2.75, 3.05) is 5.32 Å². The number of pyridine rings is 1. The highest BCUT2D eigenvalue weighted by Crippen LogP contribution is 2.18. The minimum Gasteiger partial charge on any atom is -0.478 e. The number of nitrogens with zero attached hydrogens (tertiary/aromatic N) is 2. The van der Waals surface area contributed by atoms with E-state index in [1.165, 1.54) is 12.3 Å². The smallest absolute Gasteiger partial charge is 0.339 e. The summed E-state index contributed by atoms with van der Waals surface area (Å²) in [5.74, 6) is -0.769. The number of carboxylic acids is 1. The quantitative estimate of drug-likeness (QED) is 0.858. The van der Waals surface area contributed by atoms with E-state index in [1.54, 1.807) is 30.3 Å². The van der Waals surface area contributed by atoms with Gasteiger partial charge in [-0.3, -0.25) is 0 Å². The molecule has 0 spiro atoms. The Labute approximate surface area is 103 Å². The van der Waals surface area contributed by atoms with Gasteiger partial charge in [-0.15, -0.1) is 0 Å². The zero-order valence-electron chi connectivity index (χ0n) is 9.29. The number of carbonyl (C=O) groups is 1. The van der Waals surface area contributed by atoms with Gasteiger partial charge in [-0.25, -0.2) is 9.78 Å². The van der Waals surface area contributed by atoms with Crippen molar-refractivity contribution in [3.05, 3.63) is 53.7 Å². The van der Waals surface area contributed by atoms with Crippen LogP contribution in [0, 0.1) is 11.3 Å². The normalized spacial score (nSPS) is 9.50. The van der Waals surface area contributed by atoms with Gasteiger partial charge in [0.2, 0.25) is 0 Å². The number of hydrogen-bond acceptors (Lipinski definition) is 4. The Bertz CT molecular complexity index is 615. The molecule has 1 aromatic carbocycles. The number of benzene rings is 1. The van der Waals surface area contributed by atoms with E-state index >= 15 is 0 Å². The Morgan fingerprint density at radius 1 is 1.28 bits per heavy atom. The van der Waals surface area contributed by atoms with Crippen molar-refractivity contribution in [3.63, 3.8) is 0 Å². The van der Waals surface area contributed by atoms with Gasteiger partial charge in [0, 0.05) is 11.9 Å². The molecule has 88 valence electrons. The summed E-state index contributed by atoms with van der Waals surface area (Å²) < 4.78 is 0. The number of nitriles is 1. The van der Waals surface area contributed by atoms with E-state index in [9.17, 15) is 4.79 Å². The molecule has 2 rings (SSSR count). The zero-order valence-corrected chi connectivity index (χ0v) is 9.29. The van der Waals surface area contributed by atoms with Gasteiger partial charge in [0.1, 0.15) is 11.4 Å². The number of aromatic carboxylic acids is 1. The highest BCUT2D eigenvalue weighted by molar-refractivity contribution is 5.93. The van der Waals surface area contributed by atoms with Crippen molar-refractivity contribution >= 4 is 17.5 Å². The minimum absolute atomic E-state index is 0.0989. The number of carboxylic acid groups (broad SMARTS) is 1. The zero-order chi connectivity index (χ0) is 13.0. The summed E-state index contributed by atoms with van der Waals surface area (Å²) in [5.41, 5.74) is 1.32. The van der Waals surface area contributed by atoms with Crippen molar-refractivity contribution in [3.8, 4) is 6.07 Å². The summed E-state index contributed by atoms with van der Waals surface area (Å²) in [6.45, 7) is 0. The molecular formula is C13H9N3O2. The first-order valence-corrected chi connectivity index (χ1v) is 5.16. The van der Waals surface area contributed by atoms with Gasteiger partial charge in [-0.1, -0.05) is 0 Å². The SMILES string of the molecule is N#Cc1ccc(Nc2ncccc2C(=O)O)cc1. The molecular weight excluding hydrogens is 230 g/mol. The van der Waals surface area contributed by atoms with Crippen LogP contribution in [0.25, 0.3) is 0 Å². The Morgan fingerprint density at radius 2 is 2.00 bits per heavy atom. The second-order valence-electron chi connectivity index (χ2n) is 3.52. The van der Waals surface area contributed by atoms with Crippen LogP contribution in [0.5, 0.6) is 0 Å². The van der Waals surface area contributed by atoms with Gasteiger partial charge in [-0.05, 0) is 36.4 Å². The Kier molecular flexibility index (Phi) is 3.21. The summed E-state index contributed by atoms with van der Waals surface area (Å²) in [6, 6.07) is 11.7. The number of nitrogens with one attached hydrogen (secondary N) is 1. The Balaban J connectivity index is 2.28. The van der Waals surface area contributed by atoms with Crippen LogP contribution in [0.4, 0.5) is 11.5 Å². The van der Waals surface area contributed by atoms with E-state index < -0.39 is 5.97 Å². The maximum Gasteiger partial charge on any atom is 0.339 e. The topological polar surface area (TPSA) is 86.0 Å². The highest BCUT2D eigenvalue weighted by Gasteiger charge is 2.10. The van der Waals surface area contributed by atoms with Crippen LogP contribution in [0.3, 0.4) is 0 Å². The van der Waals surface area contributed by atoms with Crippen LogP contribution in [0.2, 0.25) is 0 Å². The molecule has 0 amide bonds. The van der Waals surface area contributed by atoms with E-state index in [2.05, 4.69) is 10.3 Å². The molecule has 0 saturated heterocycles. The third-order valence-electron chi connectivity index (χ3n) is 2.31. The molecule has 0 aliphatic heterocycles. The lowest BCUT2D eigenvalue weighted by Crippen LogP contribution is -2.04. The molecule has 5 nitrogen and oxygen atoms in total. The molecule has 1 heterocycles. The molecule has 0 unspecified atom stereocenters. The van der Waals surface area contributed by atoms with Crippen LogP contribution in [0.1, 0.15) is 15.9 Å². The lowest BCUT2D eigenvalue weighted by atomic mass is 10.2. The van der Waals surface area contributed by atoms with Crippen molar-refractivity contribution in [1.82, 2.24) is 4.98 Å². The van der Waals surface area contributed by atoms with Gasteiger partial charge in [0.15, 0.2) is 0 Å². The maximum absolute atomic E-state index is 11.0. The first kappa shape index (κ1) is 11.6. The van der Waals surface area contributed by atoms with E-state index in [4.69, 9.17) is 10.4 Å². The predicted molar refractivity (Wildman–Crippen MR) is 65.6 cm³/mol. The van der Waals surface area contributed by atoms with Crippen molar-refractivity contribution in [2.45, 2.75) is 0 Å². The molecule has 0 saturated carbocycles. The first-order chi connectivity index (χ1) is 8.70. The van der Waals surface area contributed by atoms with Crippen molar-refractivity contribution < 1.29 is 9.90 Å². The average molecular weight is 239 g/mol. The molecule has 1 aromatic heterocycles. The molecule has 18 heavy (non-hydrogen) atoms. The second kappa shape index (κ2) is 4.97. The summed E-state index contributed by atoms with van der Waals surface area (Å²) in [7, 11) is 0. The van der Waals surface area contributed by atoms with Gasteiger partial charge >= 0.3 is 5.97 Å². The van der Waals surface area contributed by atoms with Crippen molar-refractivity contribution in [1.29, 1.82) is 5.26 Å². The third kappa shape index (κ3) is 2.44. The van der Waals surface area contributed by atoms with Crippen LogP contribution in [0.15, 0.2) is 42.6 Å². The number of aromatic nitrogens is 1. The van der Waals surface area contributed by atoms with Gasteiger partial charge in [0.05, 0.1) is 11.6 Å². The van der Waals surface area contributed by atoms with Crippen LogP contribution < -0.4 is 5.32 Å². The molecule has 0 radical (unpaired) electrons. The van der Waals surface area contributed by atoms with E-state index in [-0.39, 0.29) is 11.4 Å². The molecule has 0 fully saturated rings. The van der Waals surface area contributed by atoms with Crippen molar-refractivity contribution in [2.24, 2.45) is 0 Å². The Hall–Kier alpha value is -2.87. The molecule has 0 aliphatic carbocycles.